The highest BCUT2D eigenvalue weighted by atomic mass is 32.1. The highest BCUT2D eigenvalue weighted by Crippen LogP contribution is 2.33. The van der Waals surface area contributed by atoms with Crippen molar-refractivity contribution in [3.63, 3.8) is 0 Å². The molecule has 2 atom stereocenters. The number of imidazole rings is 1. The third-order valence-corrected chi connectivity index (χ3v) is 7.99. The van der Waals surface area contributed by atoms with Gasteiger partial charge >= 0.3 is 0 Å². The zero-order valence-electron chi connectivity index (χ0n) is 20.1. The lowest BCUT2D eigenvalue weighted by Crippen LogP contribution is -2.48. The molecule has 2 saturated heterocycles. The van der Waals surface area contributed by atoms with Crippen molar-refractivity contribution >= 4 is 45.7 Å². The van der Waals surface area contributed by atoms with Gasteiger partial charge in [-0.05, 0) is 31.2 Å². The summed E-state index contributed by atoms with van der Waals surface area (Å²) < 4.78 is 5.69. The number of anilines is 1. The number of hydrogen-bond donors (Lipinski definition) is 2. The summed E-state index contributed by atoms with van der Waals surface area (Å²) in [5.74, 6) is 0.390. The number of carbonyl (C=O) groups is 2. The molecule has 2 N–H and O–H groups in total. The minimum atomic E-state index is -0.330. The van der Waals surface area contributed by atoms with Gasteiger partial charge in [0.2, 0.25) is 5.95 Å². The second-order valence-electron chi connectivity index (χ2n) is 9.30. The highest BCUT2D eigenvalue weighted by molar-refractivity contribution is 7.11. The van der Waals surface area contributed by atoms with Gasteiger partial charge in [-0.1, -0.05) is 25.2 Å². The molecule has 9 nitrogen and oxygen atoms in total. The molecular weight excluding hydrogens is 476 g/mol. The standard InChI is InChI=1S/C26H28N6O3S/c1-2-31-8-10-32(11-9-31)25(34)18-3-5-19-20(14-18)29-26(28-19)30-23(33)21-15-36-24(27-21)17-4-6-22-16(13-17)7-12-35-22/h3-6,13-16,22H,2,7-12H2,1H3,(H2,28,29,30,33). The number of aromatic nitrogens is 3. The number of ether oxygens (including phenoxy) is 1. The Labute approximate surface area is 212 Å². The monoisotopic (exact) mass is 504 g/mol. The number of nitrogens with zero attached hydrogens (tertiary/aromatic N) is 4. The number of thiazole rings is 1. The first-order chi connectivity index (χ1) is 17.6. The van der Waals surface area contributed by atoms with Gasteiger partial charge in [-0.15, -0.1) is 11.3 Å². The summed E-state index contributed by atoms with van der Waals surface area (Å²) in [6.07, 6.45) is 7.46. The van der Waals surface area contributed by atoms with E-state index in [1.807, 2.05) is 11.0 Å². The van der Waals surface area contributed by atoms with Crippen molar-refractivity contribution in [1.29, 1.82) is 0 Å². The number of nitrogens with one attached hydrogen (secondary N) is 2. The lowest BCUT2D eigenvalue weighted by Gasteiger charge is -2.34. The molecule has 0 bridgehead atoms. The van der Waals surface area contributed by atoms with E-state index in [0.717, 1.165) is 56.3 Å². The van der Waals surface area contributed by atoms with E-state index in [4.69, 9.17) is 4.74 Å². The van der Waals surface area contributed by atoms with E-state index in [1.165, 1.54) is 11.3 Å². The molecule has 0 spiro atoms. The van der Waals surface area contributed by atoms with Crippen LogP contribution in [0.25, 0.3) is 16.6 Å². The maximum Gasteiger partial charge on any atom is 0.277 e. The highest BCUT2D eigenvalue weighted by Gasteiger charge is 2.28. The van der Waals surface area contributed by atoms with Crippen molar-refractivity contribution in [1.82, 2.24) is 24.8 Å². The summed E-state index contributed by atoms with van der Waals surface area (Å²) in [7, 11) is 0. The zero-order chi connectivity index (χ0) is 24.6. The van der Waals surface area contributed by atoms with E-state index in [9.17, 15) is 9.59 Å². The number of likely N-dealkylation sites (N-methyl/N-ethyl adjacent to an activating group) is 1. The topological polar surface area (TPSA) is 103 Å². The Morgan fingerprint density at radius 3 is 2.92 bits per heavy atom. The van der Waals surface area contributed by atoms with Gasteiger partial charge in [0.15, 0.2) is 0 Å². The molecule has 1 aromatic carbocycles. The maximum absolute atomic E-state index is 13.0. The number of hydrogen-bond acceptors (Lipinski definition) is 7. The summed E-state index contributed by atoms with van der Waals surface area (Å²) in [6, 6.07) is 5.40. The number of allylic oxidation sites excluding steroid dienone is 2. The Morgan fingerprint density at radius 1 is 1.22 bits per heavy atom. The van der Waals surface area contributed by atoms with Gasteiger partial charge in [-0.3, -0.25) is 14.9 Å². The normalized spacial score (nSPS) is 22.0. The van der Waals surface area contributed by atoms with Crippen molar-refractivity contribution in [2.75, 3.05) is 44.6 Å². The summed E-state index contributed by atoms with van der Waals surface area (Å²) in [5, 5.41) is 5.38. The van der Waals surface area contributed by atoms with E-state index >= 15 is 0 Å². The molecule has 4 heterocycles. The molecule has 10 heteroatoms. The molecule has 2 aromatic heterocycles. The van der Waals surface area contributed by atoms with Crippen LogP contribution >= 0.6 is 11.3 Å². The molecule has 6 rings (SSSR count). The number of aromatic amines is 1. The van der Waals surface area contributed by atoms with Gasteiger partial charge in [-0.2, -0.15) is 0 Å². The zero-order valence-corrected chi connectivity index (χ0v) is 20.9. The first-order valence-electron chi connectivity index (χ1n) is 12.4. The number of piperazine rings is 1. The Kier molecular flexibility index (Phi) is 6.16. The van der Waals surface area contributed by atoms with Gasteiger partial charge in [-0.25, -0.2) is 9.97 Å². The van der Waals surface area contributed by atoms with E-state index in [-0.39, 0.29) is 17.9 Å². The van der Waals surface area contributed by atoms with Gasteiger partial charge < -0.3 is 19.5 Å². The van der Waals surface area contributed by atoms with Gasteiger partial charge in [0, 0.05) is 55.2 Å². The smallest absolute Gasteiger partial charge is 0.277 e. The molecule has 186 valence electrons. The second-order valence-corrected chi connectivity index (χ2v) is 10.2. The van der Waals surface area contributed by atoms with Crippen molar-refractivity contribution in [2.45, 2.75) is 19.4 Å². The quantitative estimate of drug-likeness (QED) is 0.552. The number of carbonyl (C=O) groups excluding carboxylic acids is 2. The number of rotatable bonds is 5. The Morgan fingerprint density at radius 2 is 2.08 bits per heavy atom. The fourth-order valence-corrected chi connectivity index (χ4v) is 5.77. The Balaban J connectivity index is 1.13. The van der Waals surface area contributed by atoms with E-state index in [1.54, 1.807) is 23.6 Å². The van der Waals surface area contributed by atoms with E-state index < -0.39 is 0 Å². The van der Waals surface area contributed by atoms with Crippen LogP contribution in [-0.2, 0) is 4.74 Å². The van der Waals surface area contributed by atoms with Crippen molar-refractivity contribution in [3.8, 4) is 0 Å². The molecule has 2 aliphatic heterocycles. The van der Waals surface area contributed by atoms with Crippen LogP contribution in [0.3, 0.4) is 0 Å². The number of benzene rings is 1. The fourth-order valence-electron chi connectivity index (χ4n) is 4.97. The summed E-state index contributed by atoms with van der Waals surface area (Å²) in [5.41, 5.74) is 3.37. The van der Waals surface area contributed by atoms with Crippen LogP contribution in [0.1, 0.15) is 39.2 Å². The lowest BCUT2D eigenvalue weighted by molar-refractivity contribution is 0.0643. The van der Waals surface area contributed by atoms with Crippen LogP contribution in [0.15, 0.2) is 41.8 Å². The predicted molar refractivity (Wildman–Crippen MR) is 139 cm³/mol. The van der Waals surface area contributed by atoms with Crippen LogP contribution in [0.5, 0.6) is 0 Å². The molecule has 2 unspecified atom stereocenters. The molecule has 3 aliphatic rings. The minimum absolute atomic E-state index is 0.0180. The van der Waals surface area contributed by atoms with E-state index in [0.29, 0.717) is 34.2 Å². The maximum atomic E-state index is 13.0. The van der Waals surface area contributed by atoms with Crippen molar-refractivity contribution < 1.29 is 14.3 Å². The van der Waals surface area contributed by atoms with Crippen LogP contribution < -0.4 is 5.32 Å². The number of fused-ring (bicyclic) bond motifs is 2. The molecule has 2 fully saturated rings. The van der Waals surface area contributed by atoms with Crippen molar-refractivity contribution in [3.05, 3.63) is 58.1 Å². The molecule has 1 aliphatic carbocycles. The van der Waals surface area contributed by atoms with Gasteiger partial charge in [0.05, 0.1) is 17.1 Å². The average Bonchev–Trinajstić information content (AvgIpc) is 3.66. The number of amides is 2. The van der Waals surface area contributed by atoms with Crippen LogP contribution in [0, 0.1) is 5.92 Å². The fraction of sp³-hybridized carbons (Fsp3) is 0.385. The minimum Gasteiger partial charge on any atom is -0.374 e. The largest absolute Gasteiger partial charge is 0.374 e. The SMILES string of the molecule is CCN1CCN(C(=O)c2ccc3nc(NC(=O)c4csc(C5=CC6CCOC6C=C5)n4)[nH]c3c2)CC1. The van der Waals surface area contributed by atoms with E-state index in [2.05, 4.69) is 44.2 Å². The average molecular weight is 505 g/mol. The molecule has 0 radical (unpaired) electrons. The molecule has 36 heavy (non-hydrogen) atoms. The third-order valence-electron chi connectivity index (χ3n) is 7.09. The summed E-state index contributed by atoms with van der Waals surface area (Å²) >= 11 is 1.45. The second kappa shape index (κ2) is 9.61. The molecular formula is C26H28N6O3S. The first-order valence-corrected chi connectivity index (χ1v) is 13.3. The molecule has 3 aromatic rings. The third kappa shape index (κ3) is 4.47. The van der Waals surface area contributed by atoms with Crippen LogP contribution in [0.4, 0.5) is 5.95 Å². The van der Waals surface area contributed by atoms with Crippen LogP contribution in [0.2, 0.25) is 0 Å². The van der Waals surface area contributed by atoms with Gasteiger partial charge in [0.25, 0.3) is 11.8 Å². The predicted octanol–water partition coefficient (Wildman–Crippen LogP) is 3.41. The first kappa shape index (κ1) is 23.1. The summed E-state index contributed by atoms with van der Waals surface area (Å²) in [4.78, 5) is 42.2. The molecule has 0 saturated carbocycles. The summed E-state index contributed by atoms with van der Waals surface area (Å²) in [6.45, 7) is 7.16. The Hall–Kier alpha value is -3.34. The molecule has 2 amide bonds. The van der Waals surface area contributed by atoms with Crippen LogP contribution in [-0.4, -0.2) is 82.0 Å². The van der Waals surface area contributed by atoms with Gasteiger partial charge in [0.1, 0.15) is 10.7 Å². The Bertz CT molecular complexity index is 1370. The lowest BCUT2D eigenvalue weighted by atomic mass is 9.93. The van der Waals surface area contributed by atoms with Crippen molar-refractivity contribution in [2.24, 2.45) is 5.92 Å². The number of H-pyrrole nitrogens is 1.